The minimum atomic E-state index is 0.156. The van der Waals surface area contributed by atoms with E-state index in [1.807, 2.05) is 6.92 Å². The number of hydrogen-bond donors (Lipinski definition) is 3. The van der Waals surface area contributed by atoms with Crippen molar-refractivity contribution >= 4 is 11.8 Å². The molecule has 94 valence electrons. The van der Waals surface area contributed by atoms with Gasteiger partial charge < -0.3 is 10.0 Å². The Labute approximate surface area is 101 Å². The molecule has 6 nitrogen and oxygen atoms in total. The number of hydrazine groups is 1. The third-order valence-corrected chi connectivity index (χ3v) is 3.18. The van der Waals surface area contributed by atoms with Crippen molar-refractivity contribution in [1.82, 2.24) is 9.97 Å². The Bertz CT molecular complexity index is 384. The monoisotopic (exact) mass is 237 g/mol. The molecule has 4 N–H and O–H groups in total. The number of rotatable bonds is 3. The van der Waals surface area contributed by atoms with E-state index in [1.165, 1.54) is 0 Å². The minimum Gasteiger partial charge on any atom is -0.394 e. The number of nitrogens with zero attached hydrogens (tertiary/aromatic N) is 3. The van der Waals surface area contributed by atoms with Crippen molar-refractivity contribution in [3.05, 3.63) is 11.8 Å². The summed E-state index contributed by atoms with van der Waals surface area (Å²) in [6.45, 7) is 3.06. The number of aromatic nitrogens is 2. The highest BCUT2D eigenvalue weighted by atomic mass is 16.3. The van der Waals surface area contributed by atoms with Gasteiger partial charge in [0.1, 0.15) is 5.82 Å². The Balaban J connectivity index is 2.30. The van der Waals surface area contributed by atoms with Gasteiger partial charge in [0.25, 0.3) is 0 Å². The maximum Gasteiger partial charge on any atom is 0.239 e. The molecule has 1 fully saturated rings. The van der Waals surface area contributed by atoms with E-state index >= 15 is 0 Å². The van der Waals surface area contributed by atoms with Gasteiger partial charge in [-0.3, -0.25) is 5.43 Å². The maximum absolute atomic E-state index is 9.41. The maximum atomic E-state index is 9.41. The molecule has 17 heavy (non-hydrogen) atoms. The lowest BCUT2D eigenvalue weighted by atomic mass is 10.0. The Morgan fingerprint density at radius 2 is 2.41 bits per heavy atom. The summed E-state index contributed by atoms with van der Waals surface area (Å²) in [7, 11) is 0. The van der Waals surface area contributed by atoms with Crippen molar-refractivity contribution in [3.63, 3.8) is 0 Å². The van der Waals surface area contributed by atoms with Gasteiger partial charge in [0.15, 0.2) is 0 Å². The Kier molecular flexibility index (Phi) is 3.75. The average molecular weight is 237 g/mol. The second-order valence-corrected chi connectivity index (χ2v) is 4.37. The Hall–Kier alpha value is -1.40. The number of nitrogens with two attached hydrogens (primary N) is 1. The van der Waals surface area contributed by atoms with Gasteiger partial charge >= 0.3 is 0 Å². The number of nitrogens with one attached hydrogen (secondary N) is 1. The van der Waals surface area contributed by atoms with Crippen LogP contribution >= 0.6 is 0 Å². The lowest BCUT2D eigenvalue weighted by molar-refractivity contribution is 0.239. The van der Waals surface area contributed by atoms with E-state index in [0.29, 0.717) is 5.95 Å². The number of aliphatic hydroxyl groups is 1. The van der Waals surface area contributed by atoms with Gasteiger partial charge in [-0.15, -0.1) is 0 Å². The zero-order valence-corrected chi connectivity index (χ0v) is 10.1. The zero-order chi connectivity index (χ0) is 12.3. The van der Waals surface area contributed by atoms with E-state index in [1.54, 1.807) is 6.20 Å². The van der Waals surface area contributed by atoms with Crippen molar-refractivity contribution in [2.45, 2.75) is 32.2 Å². The molecule has 0 amide bonds. The van der Waals surface area contributed by atoms with Gasteiger partial charge in [-0.1, -0.05) is 0 Å². The largest absolute Gasteiger partial charge is 0.394 e. The van der Waals surface area contributed by atoms with Crippen LogP contribution in [0, 0.1) is 6.92 Å². The third kappa shape index (κ3) is 2.48. The van der Waals surface area contributed by atoms with Crippen LogP contribution in [0.25, 0.3) is 0 Å². The highest BCUT2D eigenvalue weighted by molar-refractivity contribution is 5.50. The topological polar surface area (TPSA) is 87.3 Å². The smallest absolute Gasteiger partial charge is 0.239 e. The average Bonchev–Trinajstić information content (AvgIpc) is 2.39. The normalized spacial score (nSPS) is 20.4. The van der Waals surface area contributed by atoms with Crippen LogP contribution in [0.2, 0.25) is 0 Å². The van der Waals surface area contributed by atoms with Crippen molar-refractivity contribution < 1.29 is 5.11 Å². The Morgan fingerprint density at radius 1 is 1.59 bits per heavy atom. The zero-order valence-electron chi connectivity index (χ0n) is 10.1. The fourth-order valence-corrected chi connectivity index (χ4v) is 2.26. The molecule has 0 bridgehead atoms. The fourth-order valence-electron chi connectivity index (χ4n) is 2.26. The highest BCUT2D eigenvalue weighted by Gasteiger charge is 2.24. The van der Waals surface area contributed by atoms with Crippen LogP contribution in [0.15, 0.2) is 6.20 Å². The van der Waals surface area contributed by atoms with E-state index in [4.69, 9.17) is 5.84 Å². The first-order valence-electron chi connectivity index (χ1n) is 5.94. The molecular formula is C11H19N5O. The van der Waals surface area contributed by atoms with E-state index < -0.39 is 0 Å². The number of anilines is 2. The number of aryl methyl sites for hydroxylation is 1. The quantitative estimate of drug-likeness (QED) is 0.522. The van der Waals surface area contributed by atoms with Crippen LogP contribution in [0.4, 0.5) is 11.8 Å². The summed E-state index contributed by atoms with van der Waals surface area (Å²) in [4.78, 5) is 10.6. The summed E-state index contributed by atoms with van der Waals surface area (Å²) < 4.78 is 0. The SMILES string of the molecule is Cc1cnc(NN)nc1N1CCCCC1CO. The molecule has 1 atom stereocenters. The van der Waals surface area contributed by atoms with Gasteiger partial charge in [0.2, 0.25) is 5.95 Å². The van der Waals surface area contributed by atoms with E-state index in [-0.39, 0.29) is 12.6 Å². The summed E-state index contributed by atoms with van der Waals surface area (Å²) in [5, 5.41) is 9.41. The van der Waals surface area contributed by atoms with Crippen molar-refractivity contribution in [3.8, 4) is 0 Å². The van der Waals surface area contributed by atoms with E-state index in [9.17, 15) is 5.11 Å². The summed E-state index contributed by atoms with van der Waals surface area (Å²) in [6.07, 6.45) is 5.05. The first-order chi connectivity index (χ1) is 8.26. The lowest BCUT2D eigenvalue weighted by Crippen LogP contribution is -2.42. The first kappa shape index (κ1) is 12.1. The second kappa shape index (κ2) is 5.29. The molecular weight excluding hydrogens is 218 g/mol. The second-order valence-electron chi connectivity index (χ2n) is 4.37. The number of aliphatic hydroxyl groups excluding tert-OH is 1. The molecule has 0 radical (unpaired) electrons. The molecule has 1 aliphatic heterocycles. The van der Waals surface area contributed by atoms with Crippen LogP contribution in [0.5, 0.6) is 0 Å². The standard InChI is InChI=1S/C11H19N5O/c1-8-6-13-11(15-12)14-10(8)16-5-3-2-4-9(16)7-17/h6,9,17H,2-5,7,12H2,1H3,(H,13,14,15). The van der Waals surface area contributed by atoms with Gasteiger partial charge in [-0.25, -0.2) is 10.8 Å². The molecule has 0 aliphatic carbocycles. The summed E-state index contributed by atoms with van der Waals surface area (Å²) in [6, 6.07) is 0.156. The van der Waals surface area contributed by atoms with Gasteiger partial charge in [-0.05, 0) is 26.2 Å². The fraction of sp³-hybridized carbons (Fsp3) is 0.636. The summed E-state index contributed by atoms with van der Waals surface area (Å²) in [5.41, 5.74) is 3.46. The first-order valence-corrected chi connectivity index (χ1v) is 5.94. The molecule has 0 spiro atoms. The molecule has 1 aromatic rings. The number of hydrogen-bond acceptors (Lipinski definition) is 6. The molecule has 6 heteroatoms. The van der Waals surface area contributed by atoms with Crippen molar-refractivity contribution in [1.29, 1.82) is 0 Å². The van der Waals surface area contributed by atoms with Crippen LogP contribution < -0.4 is 16.2 Å². The molecule has 0 saturated carbocycles. The van der Waals surface area contributed by atoms with Crippen LogP contribution in [0.3, 0.4) is 0 Å². The van der Waals surface area contributed by atoms with Crippen LogP contribution in [-0.2, 0) is 0 Å². The number of piperidine rings is 1. The van der Waals surface area contributed by atoms with Crippen LogP contribution in [0.1, 0.15) is 24.8 Å². The van der Waals surface area contributed by atoms with Crippen molar-refractivity contribution in [2.24, 2.45) is 5.84 Å². The third-order valence-electron chi connectivity index (χ3n) is 3.18. The molecule has 1 unspecified atom stereocenters. The molecule has 0 aromatic carbocycles. The molecule has 1 aromatic heterocycles. The van der Waals surface area contributed by atoms with Crippen molar-refractivity contribution in [2.75, 3.05) is 23.5 Å². The number of nitrogen functional groups attached to an aromatic ring is 1. The van der Waals surface area contributed by atoms with Gasteiger partial charge in [-0.2, -0.15) is 4.98 Å². The molecule has 1 saturated heterocycles. The van der Waals surface area contributed by atoms with Gasteiger partial charge in [0.05, 0.1) is 12.6 Å². The van der Waals surface area contributed by atoms with E-state index in [0.717, 1.165) is 37.2 Å². The van der Waals surface area contributed by atoms with E-state index in [2.05, 4.69) is 20.3 Å². The molecule has 2 heterocycles. The summed E-state index contributed by atoms with van der Waals surface area (Å²) >= 11 is 0. The highest BCUT2D eigenvalue weighted by Crippen LogP contribution is 2.26. The molecule has 1 aliphatic rings. The Morgan fingerprint density at radius 3 is 3.12 bits per heavy atom. The predicted octanol–water partition coefficient (Wildman–Crippen LogP) is 0.422. The lowest BCUT2D eigenvalue weighted by Gasteiger charge is -2.36. The summed E-state index contributed by atoms with van der Waals surface area (Å²) in [5.74, 6) is 6.60. The predicted molar refractivity (Wildman–Crippen MR) is 66.6 cm³/mol. The molecule has 2 rings (SSSR count). The van der Waals surface area contributed by atoms with Crippen LogP contribution in [-0.4, -0.2) is 34.3 Å². The van der Waals surface area contributed by atoms with Gasteiger partial charge in [0, 0.05) is 18.3 Å². The minimum absolute atomic E-state index is 0.156.